The summed E-state index contributed by atoms with van der Waals surface area (Å²) in [6, 6.07) is 6.67. The van der Waals surface area contributed by atoms with Crippen LogP contribution in [-0.2, 0) is 14.8 Å². The number of hydrogen-bond donors (Lipinski definition) is 2. The first-order chi connectivity index (χ1) is 12.1. The molecule has 1 aliphatic heterocycles. The number of benzene rings is 2. The summed E-state index contributed by atoms with van der Waals surface area (Å²) in [5, 5.41) is 10.3. The topological polar surface area (TPSA) is 104 Å². The van der Waals surface area contributed by atoms with E-state index in [0.29, 0.717) is 22.0 Å². The summed E-state index contributed by atoms with van der Waals surface area (Å²) in [5.41, 5.74) is 1.07. The minimum absolute atomic E-state index is 0.0119. The first kappa shape index (κ1) is 18.3. The zero-order valence-electron chi connectivity index (χ0n) is 14.7. The highest BCUT2D eigenvalue weighted by molar-refractivity contribution is 7.89. The normalized spacial score (nSPS) is 15.1. The van der Waals surface area contributed by atoms with Gasteiger partial charge in [0.25, 0.3) is 5.91 Å². The van der Waals surface area contributed by atoms with Crippen LogP contribution in [0.15, 0.2) is 35.2 Å². The third-order valence-electron chi connectivity index (χ3n) is 4.47. The van der Waals surface area contributed by atoms with Crippen LogP contribution in [0, 0.1) is 5.92 Å². The first-order valence-electron chi connectivity index (χ1n) is 8.22. The summed E-state index contributed by atoms with van der Waals surface area (Å²) in [5.74, 6) is -1.41. The number of carboxylic acids is 1. The Balaban J connectivity index is 2.11. The fourth-order valence-electron chi connectivity index (χ4n) is 3.26. The molecule has 2 N–H and O–H groups in total. The van der Waals surface area contributed by atoms with Gasteiger partial charge in [-0.15, -0.1) is 0 Å². The maximum absolute atomic E-state index is 12.9. The van der Waals surface area contributed by atoms with E-state index in [1.165, 1.54) is 11.0 Å². The number of anilines is 1. The van der Waals surface area contributed by atoms with E-state index in [2.05, 4.69) is 4.72 Å². The number of sulfonamides is 1. The smallest absolute Gasteiger partial charge is 0.321 e. The summed E-state index contributed by atoms with van der Waals surface area (Å²) < 4.78 is 28.0. The summed E-state index contributed by atoms with van der Waals surface area (Å²) >= 11 is 0. The van der Waals surface area contributed by atoms with Gasteiger partial charge in [-0.05, 0) is 30.5 Å². The number of nitrogens with zero attached hydrogens (tertiary/aromatic N) is 1. The van der Waals surface area contributed by atoms with Gasteiger partial charge in [-0.3, -0.25) is 9.59 Å². The molecule has 1 heterocycles. The zero-order chi connectivity index (χ0) is 19.2. The maximum atomic E-state index is 12.9. The van der Waals surface area contributed by atoms with Gasteiger partial charge in [-0.25, -0.2) is 8.42 Å². The molecule has 0 radical (unpaired) electrons. The molecule has 8 heteroatoms. The molecule has 2 aromatic rings. The minimum atomic E-state index is -4.08. The van der Waals surface area contributed by atoms with Crippen molar-refractivity contribution in [2.24, 2.45) is 5.92 Å². The number of amides is 1. The molecule has 0 unspecified atom stereocenters. The Hall–Kier alpha value is -2.45. The summed E-state index contributed by atoms with van der Waals surface area (Å²) in [4.78, 5) is 25.2. The lowest BCUT2D eigenvalue weighted by Gasteiger charge is -2.18. The molecular formula is C18H20N2O5S. The monoisotopic (exact) mass is 376 g/mol. The van der Waals surface area contributed by atoms with Crippen LogP contribution < -0.4 is 9.62 Å². The second-order valence-electron chi connectivity index (χ2n) is 6.82. The van der Waals surface area contributed by atoms with Crippen molar-refractivity contribution in [1.29, 1.82) is 0 Å². The van der Waals surface area contributed by atoms with E-state index in [4.69, 9.17) is 0 Å². The van der Waals surface area contributed by atoms with Gasteiger partial charge in [-0.2, -0.15) is 4.72 Å². The highest BCUT2D eigenvalue weighted by Crippen LogP contribution is 2.39. The fraction of sp³-hybridized carbons (Fsp3) is 0.333. The predicted molar refractivity (Wildman–Crippen MR) is 97.9 cm³/mol. The Kier molecular flexibility index (Phi) is 4.49. The predicted octanol–water partition coefficient (Wildman–Crippen LogP) is 2.21. The Morgan fingerprint density at radius 1 is 1.23 bits per heavy atom. The van der Waals surface area contributed by atoms with Crippen molar-refractivity contribution in [2.75, 3.05) is 11.9 Å². The molecule has 26 heavy (non-hydrogen) atoms. The van der Waals surface area contributed by atoms with E-state index < -0.39 is 22.0 Å². The van der Waals surface area contributed by atoms with Crippen molar-refractivity contribution in [1.82, 2.24) is 4.72 Å². The Bertz CT molecular complexity index is 1010. The molecule has 2 aromatic carbocycles. The fourth-order valence-corrected chi connectivity index (χ4v) is 4.67. The highest BCUT2D eigenvalue weighted by Gasteiger charge is 2.32. The Morgan fingerprint density at radius 3 is 2.54 bits per heavy atom. The molecule has 1 aliphatic rings. The number of aliphatic carboxylic acids is 1. The van der Waals surface area contributed by atoms with Gasteiger partial charge in [0.15, 0.2) is 0 Å². The van der Waals surface area contributed by atoms with Crippen LogP contribution in [0.25, 0.3) is 10.8 Å². The molecule has 7 nitrogen and oxygen atoms in total. The van der Waals surface area contributed by atoms with Gasteiger partial charge in [0.1, 0.15) is 6.04 Å². The highest BCUT2D eigenvalue weighted by atomic mass is 32.2. The van der Waals surface area contributed by atoms with Crippen LogP contribution in [-0.4, -0.2) is 38.5 Å². The van der Waals surface area contributed by atoms with Crippen molar-refractivity contribution in [3.63, 3.8) is 0 Å². The molecule has 0 aromatic heterocycles. The van der Waals surface area contributed by atoms with Crippen LogP contribution in [0.2, 0.25) is 0 Å². The van der Waals surface area contributed by atoms with Gasteiger partial charge in [0.05, 0.1) is 10.6 Å². The lowest BCUT2D eigenvalue weighted by molar-refractivity contribution is -0.139. The number of carboxylic acid groups (broad SMARTS) is 1. The molecule has 0 saturated carbocycles. The minimum Gasteiger partial charge on any atom is -0.480 e. The third-order valence-corrected chi connectivity index (χ3v) is 6.00. The molecule has 0 spiro atoms. The molecular weight excluding hydrogens is 356 g/mol. The average molecular weight is 376 g/mol. The molecule has 0 saturated heterocycles. The lowest BCUT2D eigenvalue weighted by Crippen LogP contribution is -2.41. The van der Waals surface area contributed by atoms with Gasteiger partial charge in [0, 0.05) is 23.4 Å². The lowest BCUT2D eigenvalue weighted by atomic mass is 10.1. The second kappa shape index (κ2) is 6.37. The van der Waals surface area contributed by atoms with Gasteiger partial charge in [-0.1, -0.05) is 26.0 Å². The van der Waals surface area contributed by atoms with Crippen molar-refractivity contribution in [2.45, 2.75) is 31.2 Å². The van der Waals surface area contributed by atoms with E-state index in [9.17, 15) is 23.1 Å². The Morgan fingerprint density at radius 2 is 1.92 bits per heavy atom. The Labute approximate surface area is 151 Å². The van der Waals surface area contributed by atoms with E-state index in [-0.39, 0.29) is 23.1 Å². The molecule has 0 bridgehead atoms. The molecule has 0 fully saturated rings. The number of carbonyl (C=O) groups excluding carboxylic acids is 1. The summed E-state index contributed by atoms with van der Waals surface area (Å²) in [7, 11) is -2.45. The molecule has 1 amide bonds. The molecule has 138 valence electrons. The first-order valence-corrected chi connectivity index (χ1v) is 9.70. The van der Waals surface area contributed by atoms with Gasteiger partial charge in [0.2, 0.25) is 10.0 Å². The SMILES string of the molecule is CC(C)C[C@@H](NS(=O)(=O)c1ccc2c3c(cccc13)C(=O)N2C)C(=O)O. The number of rotatable bonds is 6. The van der Waals surface area contributed by atoms with Crippen molar-refractivity contribution in [3.05, 3.63) is 35.9 Å². The van der Waals surface area contributed by atoms with E-state index >= 15 is 0 Å². The number of carbonyl (C=O) groups is 2. The van der Waals surface area contributed by atoms with Gasteiger partial charge >= 0.3 is 5.97 Å². The number of hydrogen-bond acceptors (Lipinski definition) is 4. The number of nitrogens with one attached hydrogen (secondary N) is 1. The summed E-state index contributed by atoms with van der Waals surface area (Å²) in [6.45, 7) is 3.65. The maximum Gasteiger partial charge on any atom is 0.321 e. The zero-order valence-corrected chi connectivity index (χ0v) is 15.5. The molecule has 1 atom stereocenters. The van der Waals surface area contributed by atoms with Crippen molar-refractivity contribution >= 4 is 38.4 Å². The van der Waals surface area contributed by atoms with E-state index in [1.807, 2.05) is 13.8 Å². The third kappa shape index (κ3) is 2.95. The van der Waals surface area contributed by atoms with Crippen molar-refractivity contribution in [3.8, 4) is 0 Å². The average Bonchev–Trinajstić information content (AvgIpc) is 2.80. The molecule has 3 rings (SSSR count). The van der Waals surface area contributed by atoms with Crippen LogP contribution in [0.1, 0.15) is 30.6 Å². The standard InChI is InChI=1S/C18H20N2O5S/c1-10(2)9-13(18(22)23)19-26(24,25)15-8-7-14-16-11(15)5-4-6-12(16)17(21)20(14)3/h4-8,10,13,19H,9H2,1-3H3,(H,22,23)/t13-/m1/s1. The van der Waals surface area contributed by atoms with Gasteiger partial charge < -0.3 is 10.0 Å². The largest absolute Gasteiger partial charge is 0.480 e. The summed E-state index contributed by atoms with van der Waals surface area (Å²) in [6.07, 6.45) is 0.178. The quantitative estimate of drug-likeness (QED) is 0.804. The van der Waals surface area contributed by atoms with Crippen LogP contribution in [0.3, 0.4) is 0 Å². The van der Waals surface area contributed by atoms with Crippen molar-refractivity contribution < 1.29 is 23.1 Å². The second-order valence-corrected chi connectivity index (χ2v) is 8.50. The van der Waals surface area contributed by atoms with E-state index in [1.54, 1.807) is 31.3 Å². The van der Waals surface area contributed by atoms with Crippen LogP contribution in [0.5, 0.6) is 0 Å². The van der Waals surface area contributed by atoms with E-state index in [0.717, 1.165) is 0 Å². The molecule has 0 aliphatic carbocycles. The van der Waals surface area contributed by atoms with Crippen LogP contribution >= 0.6 is 0 Å². The van der Waals surface area contributed by atoms with Crippen LogP contribution in [0.4, 0.5) is 5.69 Å².